The van der Waals surface area contributed by atoms with Crippen molar-refractivity contribution in [2.75, 3.05) is 34.5 Å². The minimum atomic E-state index is -0.707. The van der Waals surface area contributed by atoms with Gasteiger partial charge in [0.1, 0.15) is 36.1 Å². The standard InChI is InChI=1S/C49H60N8O8/c1-8-26(2)41(54-48(60)62-6)46(58)56-27(3)9-15-38(56)44-50-24-37(52-44)31-11-13-33-32(21-31)25-65-40-23-34-30(22-35(33)40)12-14-36-42(34)53-45(51-36)39-16-10-28(4)57(39)47(59)43(55(5)49(61)63-7)29-17-19-64-20-18-29/h11-14,21-24,26-29,38-39,41,43H,8-10,15-20,25H2,1-7H3,(H,50,52)(H,51,53)(H,54,60)/t26-,27-,28-,38-,39-,41-,43-/m0/s1. The van der Waals surface area contributed by atoms with Gasteiger partial charge in [0.05, 0.1) is 49.2 Å². The zero-order chi connectivity index (χ0) is 45.7. The number of carbonyl (C=O) groups is 4. The molecule has 4 amide bonds. The Morgan fingerprint density at radius 2 is 1.60 bits per heavy atom. The van der Waals surface area contributed by atoms with Gasteiger partial charge in [0.25, 0.3) is 0 Å². The second-order valence-corrected chi connectivity index (χ2v) is 18.3. The van der Waals surface area contributed by atoms with Crippen molar-refractivity contribution in [1.82, 2.24) is 40.0 Å². The number of nitrogens with one attached hydrogen (secondary N) is 3. The van der Waals surface area contributed by atoms with Crippen molar-refractivity contribution in [3.63, 3.8) is 0 Å². The number of alkyl carbamates (subject to hydrolysis) is 1. The molecular weight excluding hydrogens is 829 g/mol. The van der Waals surface area contributed by atoms with Crippen LogP contribution in [-0.2, 0) is 30.4 Å². The SMILES string of the molecule is CC[C@H](C)[C@H](NC(=O)OC)C(=O)N1[C@@H](C)CC[C@H]1c1ncc(-c2ccc3c(c2)COc2cc4c(ccc5[nH]c([C@@H]6CC[C@H](C)N6C(=O)[C@H](C6CCOCC6)N(C)C(=O)OC)nc54)cc2-3)[nH]1. The van der Waals surface area contributed by atoms with E-state index < -0.39 is 24.3 Å². The molecule has 344 valence electrons. The number of nitrogens with zero attached hydrogens (tertiary/aromatic N) is 5. The zero-order valence-electron chi connectivity index (χ0n) is 38.3. The largest absolute Gasteiger partial charge is 0.488 e. The first-order chi connectivity index (χ1) is 31.4. The number of methoxy groups -OCH3 is 2. The number of fused-ring (bicyclic) bond motifs is 6. The van der Waals surface area contributed by atoms with E-state index in [1.54, 1.807) is 7.05 Å². The van der Waals surface area contributed by atoms with Crippen LogP contribution in [-0.4, -0.2) is 117 Å². The molecule has 0 saturated carbocycles. The van der Waals surface area contributed by atoms with Crippen LogP contribution in [0.25, 0.3) is 44.2 Å². The van der Waals surface area contributed by atoms with Crippen LogP contribution < -0.4 is 10.1 Å². The lowest BCUT2D eigenvalue weighted by molar-refractivity contribution is -0.142. The van der Waals surface area contributed by atoms with E-state index in [-0.39, 0.29) is 47.8 Å². The summed E-state index contributed by atoms with van der Waals surface area (Å²) >= 11 is 0. The van der Waals surface area contributed by atoms with Gasteiger partial charge in [0, 0.05) is 43.3 Å². The summed E-state index contributed by atoms with van der Waals surface area (Å²) in [5, 5.41) is 4.75. The van der Waals surface area contributed by atoms with Gasteiger partial charge >= 0.3 is 12.2 Å². The highest BCUT2D eigenvalue weighted by Gasteiger charge is 2.45. The van der Waals surface area contributed by atoms with Crippen LogP contribution in [0, 0.1) is 11.8 Å². The first kappa shape index (κ1) is 44.1. The molecule has 3 N–H and O–H groups in total. The van der Waals surface area contributed by atoms with Gasteiger partial charge in [-0.15, -0.1) is 0 Å². The highest BCUT2D eigenvalue weighted by molar-refractivity contribution is 6.07. The molecule has 4 aliphatic heterocycles. The zero-order valence-corrected chi connectivity index (χ0v) is 38.3. The number of imidazole rings is 2. The maximum absolute atomic E-state index is 14.6. The number of carbonyl (C=O) groups excluding carboxylic acids is 4. The molecule has 5 aromatic rings. The third kappa shape index (κ3) is 8.03. The number of aromatic amines is 2. The third-order valence-corrected chi connectivity index (χ3v) is 14.5. The van der Waals surface area contributed by atoms with Crippen molar-refractivity contribution in [2.24, 2.45) is 11.8 Å². The monoisotopic (exact) mass is 888 g/mol. The average molecular weight is 889 g/mol. The maximum Gasteiger partial charge on any atom is 0.409 e. The number of likely N-dealkylation sites (tertiary alicyclic amines) is 2. The number of hydrogen-bond acceptors (Lipinski definition) is 10. The Labute approximate surface area is 378 Å². The number of rotatable bonds is 10. The van der Waals surface area contributed by atoms with Crippen LogP contribution in [0.2, 0.25) is 0 Å². The van der Waals surface area contributed by atoms with E-state index in [0.717, 1.165) is 93.4 Å². The number of hydrogen-bond donors (Lipinski definition) is 3. The predicted octanol–water partition coefficient (Wildman–Crippen LogP) is 8.03. The lowest BCUT2D eigenvalue weighted by Gasteiger charge is -2.39. The topological polar surface area (TPSA) is 184 Å². The van der Waals surface area contributed by atoms with E-state index in [9.17, 15) is 19.2 Å². The van der Waals surface area contributed by atoms with Crippen molar-refractivity contribution < 1.29 is 38.1 Å². The van der Waals surface area contributed by atoms with Gasteiger partial charge < -0.3 is 44.0 Å². The molecule has 6 heterocycles. The summed E-state index contributed by atoms with van der Waals surface area (Å²) in [6.07, 6.45) is 5.91. The molecule has 7 atom stereocenters. The van der Waals surface area contributed by atoms with Gasteiger partial charge in [-0.25, -0.2) is 19.6 Å². The number of amides is 4. The molecule has 3 saturated heterocycles. The fourth-order valence-corrected chi connectivity index (χ4v) is 10.7. The quantitative estimate of drug-likeness (QED) is 0.124. The van der Waals surface area contributed by atoms with Crippen molar-refractivity contribution in [1.29, 1.82) is 0 Å². The molecule has 9 rings (SSSR count). The Kier molecular flexibility index (Phi) is 12.2. The minimum Gasteiger partial charge on any atom is -0.488 e. The molecule has 16 heteroatoms. The van der Waals surface area contributed by atoms with E-state index in [1.165, 1.54) is 19.1 Å². The molecular formula is C49H60N8O8. The average Bonchev–Trinajstić information content (AvgIpc) is 4.15. The number of ether oxygens (including phenoxy) is 4. The van der Waals surface area contributed by atoms with Crippen molar-refractivity contribution >= 4 is 45.8 Å². The Bertz CT molecular complexity index is 2620. The van der Waals surface area contributed by atoms with Gasteiger partial charge in [0.2, 0.25) is 11.8 Å². The third-order valence-electron chi connectivity index (χ3n) is 14.5. The summed E-state index contributed by atoms with van der Waals surface area (Å²) < 4.78 is 22.0. The molecule has 0 unspecified atom stereocenters. The van der Waals surface area contributed by atoms with Crippen LogP contribution in [0.4, 0.5) is 9.59 Å². The van der Waals surface area contributed by atoms with Crippen LogP contribution in [0.15, 0.2) is 48.7 Å². The summed E-state index contributed by atoms with van der Waals surface area (Å²) in [7, 11) is 4.30. The fraction of sp³-hybridized carbons (Fsp3) is 0.510. The van der Waals surface area contributed by atoms with Gasteiger partial charge in [-0.2, -0.15) is 0 Å². The smallest absolute Gasteiger partial charge is 0.409 e. The second kappa shape index (κ2) is 18.0. The Morgan fingerprint density at radius 3 is 2.31 bits per heavy atom. The summed E-state index contributed by atoms with van der Waals surface area (Å²) in [6, 6.07) is 12.7. The Hall–Kier alpha value is -6.16. The molecule has 0 aliphatic carbocycles. The van der Waals surface area contributed by atoms with E-state index in [2.05, 4.69) is 58.6 Å². The summed E-state index contributed by atoms with van der Waals surface area (Å²) in [5.74, 6) is 1.86. The molecule has 3 fully saturated rings. The molecule has 0 bridgehead atoms. The first-order valence-electron chi connectivity index (χ1n) is 23.1. The molecule has 2 aromatic heterocycles. The van der Waals surface area contributed by atoms with Gasteiger partial charge in [-0.05, 0) is 111 Å². The van der Waals surface area contributed by atoms with Crippen LogP contribution in [0.1, 0.15) is 102 Å². The summed E-state index contributed by atoms with van der Waals surface area (Å²) in [6.45, 7) is 9.56. The summed E-state index contributed by atoms with van der Waals surface area (Å²) in [4.78, 5) is 76.1. The summed E-state index contributed by atoms with van der Waals surface area (Å²) in [5.41, 5.74) is 6.60. The van der Waals surface area contributed by atoms with Crippen LogP contribution in [0.3, 0.4) is 0 Å². The highest BCUT2D eigenvalue weighted by Crippen LogP contribution is 2.44. The second-order valence-electron chi connectivity index (χ2n) is 18.3. The van der Waals surface area contributed by atoms with Crippen molar-refractivity contribution in [3.8, 4) is 28.1 Å². The number of H-pyrrole nitrogens is 2. The fourth-order valence-electron chi connectivity index (χ4n) is 10.7. The normalized spacial score (nSPS) is 22.2. The Balaban J connectivity index is 0.968. The van der Waals surface area contributed by atoms with Crippen LogP contribution in [0.5, 0.6) is 5.75 Å². The van der Waals surface area contributed by atoms with Gasteiger partial charge in [-0.1, -0.05) is 38.5 Å². The van der Waals surface area contributed by atoms with Crippen molar-refractivity contribution in [3.05, 3.63) is 65.9 Å². The molecule has 3 aromatic carbocycles. The predicted molar refractivity (Wildman–Crippen MR) is 244 cm³/mol. The van der Waals surface area contributed by atoms with Gasteiger partial charge in [0.15, 0.2) is 0 Å². The highest BCUT2D eigenvalue weighted by atomic mass is 16.5. The maximum atomic E-state index is 14.6. The lowest BCUT2D eigenvalue weighted by atomic mass is 9.89. The first-order valence-corrected chi connectivity index (χ1v) is 23.1. The Morgan fingerprint density at radius 1 is 0.877 bits per heavy atom. The minimum absolute atomic E-state index is 0.0179. The number of aromatic nitrogens is 4. The van der Waals surface area contributed by atoms with Crippen molar-refractivity contribution in [2.45, 2.75) is 115 Å². The van der Waals surface area contributed by atoms with E-state index in [0.29, 0.717) is 38.5 Å². The van der Waals surface area contributed by atoms with Crippen LogP contribution >= 0.6 is 0 Å². The lowest BCUT2D eigenvalue weighted by Crippen LogP contribution is -2.55. The molecule has 4 aliphatic rings. The van der Waals surface area contributed by atoms with E-state index in [4.69, 9.17) is 28.9 Å². The molecule has 0 spiro atoms. The number of benzene rings is 3. The van der Waals surface area contributed by atoms with E-state index >= 15 is 0 Å². The number of likely N-dealkylation sites (N-methyl/N-ethyl adjacent to an activating group) is 1. The van der Waals surface area contributed by atoms with Gasteiger partial charge in [-0.3, -0.25) is 14.5 Å². The van der Waals surface area contributed by atoms with E-state index in [1.807, 2.05) is 42.8 Å². The molecule has 0 radical (unpaired) electrons. The molecule has 65 heavy (non-hydrogen) atoms. The molecule has 16 nitrogen and oxygen atoms in total.